The highest BCUT2D eigenvalue weighted by Gasteiger charge is 2.24. The zero-order chi connectivity index (χ0) is 19.3. The number of benzene rings is 1. The lowest BCUT2D eigenvalue weighted by atomic mass is 10.0. The van der Waals surface area contributed by atoms with E-state index in [0.717, 1.165) is 37.6 Å². The van der Waals surface area contributed by atoms with Crippen molar-refractivity contribution in [2.75, 3.05) is 43.0 Å². The van der Waals surface area contributed by atoms with Crippen LogP contribution in [0.5, 0.6) is 0 Å². The number of para-hydroxylation sites is 1. The first kappa shape index (κ1) is 18.4. The molecule has 0 aliphatic carbocycles. The van der Waals surface area contributed by atoms with Crippen molar-refractivity contribution >= 4 is 17.1 Å². The van der Waals surface area contributed by atoms with E-state index < -0.39 is 0 Å². The molecule has 5 nitrogen and oxygen atoms in total. The molecule has 1 aliphatic heterocycles. The van der Waals surface area contributed by atoms with Gasteiger partial charge in [0.05, 0.1) is 29.8 Å². The summed E-state index contributed by atoms with van der Waals surface area (Å²) in [4.78, 5) is 15.9. The Morgan fingerprint density at radius 2 is 1.43 bits per heavy atom. The van der Waals surface area contributed by atoms with Gasteiger partial charge in [0, 0.05) is 44.3 Å². The van der Waals surface area contributed by atoms with Crippen LogP contribution in [0.2, 0.25) is 0 Å². The molecule has 1 saturated heterocycles. The summed E-state index contributed by atoms with van der Waals surface area (Å²) in [5.74, 6) is 0. The molecule has 0 amide bonds. The molecule has 1 aromatic carbocycles. The molecule has 4 rings (SSSR count). The highest BCUT2D eigenvalue weighted by atomic mass is 15.3. The lowest BCUT2D eigenvalue weighted by Gasteiger charge is -2.38. The quantitative estimate of drug-likeness (QED) is 0.672. The van der Waals surface area contributed by atoms with Crippen molar-refractivity contribution in [1.82, 2.24) is 14.9 Å². The van der Waals surface area contributed by atoms with E-state index in [1.807, 2.05) is 36.9 Å². The number of anilines is 3. The Hall–Kier alpha value is -2.92. The molecular formula is C23H27N5. The summed E-state index contributed by atoms with van der Waals surface area (Å²) in [5.41, 5.74) is 4.77. The van der Waals surface area contributed by atoms with Crippen molar-refractivity contribution in [2.24, 2.45) is 0 Å². The third-order valence-corrected chi connectivity index (χ3v) is 5.47. The van der Waals surface area contributed by atoms with Gasteiger partial charge in [-0.3, -0.25) is 9.97 Å². The van der Waals surface area contributed by atoms with Crippen LogP contribution in [0.3, 0.4) is 0 Å². The maximum atomic E-state index is 4.35. The average Bonchev–Trinajstić information content (AvgIpc) is 2.76. The third-order valence-electron chi connectivity index (χ3n) is 5.47. The fourth-order valence-corrected chi connectivity index (χ4v) is 3.90. The number of piperazine rings is 1. The van der Waals surface area contributed by atoms with Crippen LogP contribution in [0.4, 0.5) is 17.1 Å². The van der Waals surface area contributed by atoms with Gasteiger partial charge in [-0.25, -0.2) is 0 Å². The van der Waals surface area contributed by atoms with Crippen molar-refractivity contribution in [2.45, 2.75) is 13.0 Å². The average molecular weight is 374 g/mol. The van der Waals surface area contributed by atoms with E-state index in [-0.39, 0.29) is 6.04 Å². The summed E-state index contributed by atoms with van der Waals surface area (Å²) in [6.07, 6.45) is 7.46. The van der Waals surface area contributed by atoms with Crippen molar-refractivity contribution in [3.05, 3.63) is 78.9 Å². The standard InChI is InChI=1S/C23H27N5/c1-19(22-9-3-4-10-23(22)27-15-13-26(2)14-16-27)28(20-7-5-11-24-17-20)21-8-6-12-25-18-21/h3-12,17-19H,13-16H2,1-2H3. The van der Waals surface area contributed by atoms with Gasteiger partial charge in [-0.15, -0.1) is 0 Å². The van der Waals surface area contributed by atoms with Crippen molar-refractivity contribution in [1.29, 1.82) is 0 Å². The van der Waals surface area contributed by atoms with Crippen LogP contribution in [0.15, 0.2) is 73.3 Å². The van der Waals surface area contributed by atoms with Crippen LogP contribution < -0.4 is 9.80 Å². The number of nitrogens with zero attached hydrogens (tertiary/aromatic N) is 5. The Balaban J connectivity index is 1.73. The SMILES string of the molecule is CC(c1ccccc1N1CCN(C)CC1)N(c1cccnc1)c1cccnc1. The topological polar surface area (TPSA) is 35.5 Å². The van der Waals surface area contributed by atoms with Gasteiger partial charge in [-0.1, -0.05) is 18.2 Å². The van der Waals surface area contributed by atoms with Gasteiger partial charge in [-0.05, 0) is 49.9 Å². The Bertz CT molecular complexity index is 836. The van der Waals surface area contributed by atoms with Crippen LogP contribution >= 0.6 is 0 Å². The third kappa shape index (κ3) is 3.85. The summed E-state index contributed by atoms with van der Waals surface area (Å²) in [6, 6.07) is 17.1. The second kappa shape index (κ2) is 8.40. The molecule has 0 radical (unpaired) electrons. The molecule has 1 aliphatic rings. The molecule has 1 fully saturated rings. The van der Waals surface area contributed by atoms with Crippen LogP contribution in [0.1, 0.15) is 18.5 Å². The second-order valence-electron chi connectivity index (χ2n) is 7.32. The first-order valence-corrected chi connectivity index (χ1v) is 9.86. The van der Waals surface area contributed by atoms with Gasteiger partial charge in [0.1, 0.15) is 0 Å². The summed E-state index contributed by atoms with van der Waals surface area (Å²) in [7, 11) is 2.19. The predicted molar refractivity (Wildman–Crippen MR) is 115 cm³/mol. The molecule has 0 spiro atoms. The number of likely N-dealkylation sites (N-methyl/N-ethyl adjacent to an activating group) is 1. The molecule has 3 heterocycles. The summed E-state index contributed by atoms with van der Waals surface area (Å²) in [5, 5.41) is 0. The minimum absolute atomic E-state index is 0.143. The molecule has 28 heavy (non-hydrogen) atoms. The highest BCUT2D eigenvalue weighted by molar-refractivity contribution is 5.66. The number of aromatic nitrogens is 2. The fraction of sp³-hybridized carbons (Fsp3) is 0.304. The minimum atomic E-state index is 0.143. The molecule has 1 unspecified atom stereocenters. The van der Waals surface area contributed by atoms with Gasteiger partial charge < -0.3 is 14.7 Å². The summed E-state index contributed by atoms with van der Waals surface area (Å²) in [6.45, 7) is 6.56. The van der Waals surface area contributed by atoms with E-state index in [1.165, 1.54) is 11.3 Å². The van der Waals surface area contributed by atoms with E-state index >= 15 is 0 Å². The maximum Gasteiger partial charge on any atom is 0.0603 e. The van der Waals surface area contributed by atoms with Crippen LogP contribution in [0, 0.1) is 0 Å². The van der Waals surface area contributed by atoms with E-state index in [2.05, 4.69) is 75.0 Å². The molecule has 5 heteroatoms. The van der Waals surface area contributed by atoms with E-state index in [9.17, 15) is 0 Å². The second-order valence-corrected chi connectivity index (χ2v) is 7.32. The highest BCUT2D eigenvalue weighted by Crippen LogP contribution is 2.37. The molecule has 0 bridgehead atoms. The number of pyridine rings is 2. The van der Waals surface area contributed by atoms with Crippen LogP contribution in [-0.4, -0.2) is 48.1 Å². The van der Waals surface area contributed by atoms with E-state index in [0.29, 0.717) is 0 Å². The predicted octanol–water partition coefficient (Wildman–Crippen LogP) is 4.13. The van der Waals surface area contributed by atoms with Gasteiger partial charge in [0.15, 0.2) is 0 Å². The van der Waals surface area contributed by atoms with E-state index in [4.69, 9.17) is 0 Å². The van der Waals surface area contributed by atoms with E-state index in [1.54, 1.807) is 0 Å². The largest absolute Gasteiger partial charge is 0.369 e. The van der Waals surface area contributed by atoms with Gasteiger partial charge >= 0.3 is 0 Å². The first-order chi connectivity index (χ1) is 13.7. The van der Waals surface area contributed by atoms with Crippen molar-refractivity contribution in [3.8, 4) is 0 Å². The molecule has 3 aromatic rings. The summed E-state index contributed by atoms with van der Waals surface area (Å²) < 4.78 is 0. The Morgan fingerprint density at radius 3 is 2.00 bits per heavy atom. The molecule has 144 valence electrons. The monoisotopic (exact) mass is 373 g/mol. The van der Waals surface area contributed by atoms with Crippen LogP contribution in [-0.2, 0) is 0 Å². The Morgan fingerprint density at radius 1 is 0.821 bits per heavy atom. The zero-order valence-electron chi connectivity index (χ0n) is 16.6. The Labute approximate surface area is 167 Å². The lowest BCUT2D eigenvalue weighted by Crippen LogP contribution is -2.45. The Kier molecular flexibility index (Phi) is 5.53. The van der Waals surface area contributed by atoms with Gasteiger partial charge in [0.2, 0.25) is 0 Å². The van der Waals surface area contributed by atoms with Gasteiger partial charge in [0.25, 0.3) is 0 Å². The summed E-state index contributed by atoms with van der Waals surface area (Å²) >= 11 is 0. The first-order valence-electron chi connectivity index (χ1n) is 9.86. The fourth-order valence-electron chi connectivity index (χ4n) is 3.90. The van der Waals surface area contributed by atoms with Crippen molar-refractivity contribution < 1.29 is 0 Å². The van der Waals surface area contributed by atoms with Crippen LogP contribution in [0.25, 0.3) is 0 Å². The maximum absolute atomic E-state index is 4.35. The lowest BCUT2D eigenvalue weighted by molar-refractivity contribution is 0.312. The number of rotatable bonds is 5. The smallest absolute Gasteiger partial charge is 0.0603 e. The zero-order valence-corrected chi connectivity index (χ0v) is 16.6. The molecule has 1 atom stereocenters. The van der Waals surface area contributed by atoms with Gasteiger partial charge in [-0.2, -0.15) is 0 Å². The molecule has 0 saturated carbocycles. The number of hydrogen-bond acceptors (Lipinski definition) is 5. The molecular weight excluding hydrogens is 346 g/mol. The molecule has 2 aromatic heterocycles. The normalized spacial score (nSPS) is 16.0. The van der Waals surface area contributed by atoms with Crippen molar-refractivity contribution in [3.63, 3.8) is 0 Å². The number of hydrogen-bond donors (Lipinski definition) is 0. The minimum Gasteiger partial charge on any atom is -0.369 e. The molecule has 0 N–H and O–H groups in total.